The van der Waals surface area contributed by atoms with Crippen LogP contribution in [0.15, 0.2) is 54.6 Å². The molecule has 2 heterocycles. The van der Waals surface area contributed by atoms with Gasteiger partial charge >= 0.3 is 0 Å². The molecule has 1 aliphatic carbocycles. The highest BCUT2D eigenvalue weighted by Crippen LogP contribution is 2.34. The van der Waals surface area contributed by atoms with Crippen LogP contribution in [0.2, 0.25) is 0 Å². The lowest BCUT2D eigenvalue weighted by Crippen LogP contribution is -2.40. The van der Waals surface area contributed by atoms with Gasteiger partial charge in [0.1, 0.15) is 11.5 Å². The molecule has 5 rings (SSSR count). The molecule has 0 radical (unpaired) electrons. The van der Waals surface area contributed by atoms with Crippen molar-refractivity contribution in [3.63, 3.8) is 0 Å². The Morgan fingerprint density at radius 3 is 2.56 bits per heavy atom. The van der Waals surface area contributed by atoms with E-state index in [1.807, 2.05) is 71.1 Å². The van der Waals surface area contributed by atoms with E-state index in [9.17, 15) is 4.79 Å². The molecule has 2 aromatic carbocycles. The van der Waals surface area contributed by atoms with Gasteiger partial charge in [0.05, 0.1) is 36.7 Å². The number of hydrogen-bond donors (Lipinski definition) is 0. The normalized spacial score (nSPS) is 17.9. The first-order chi connectivity index (χ1) is 17.6. The van der Waals surface area contributed by atoms with E-state index in [0.717, 1.165) is 62.1 Å². The number of nitrogens with zero attached hydrogens (tertiary/aromatic N) is 3. The van der Waals surface area contributed by atoms with Crippen molar-refractivity contribution in [3.05, 3.63) is 65.9 Å². The summed E-state index contributed by atoms with van der Waals surface area (Å²) >= 11 is 0. The SMILES string of the molecule is COc1cccc(Oc2c(CN(C[C@H]3CCCO3)C(=O)C3CCCC3)c(C)nn2-c2ccccc2)c1. The van der Waals surface area contributed by atoms with Gasteiger partial charge in [-0.15, -0.1) is 0 Å². The molecule has 1 saturated carbocycles. The average molecular weight is 490 g/mol. The summed E-state index contributed by atoms with van der Waals surface area (Å²) < 4.78 is 19.6. The summed E-state index contributed by atoms with van der Waals surface area (Å²) in [7, 11) is 1.64. The molecule has 1 atom stereocenters. The zero-order valence-electron chi connectivity index (χ0n) is 21.2. The molecule has 7 heteroatoms. The molecule has 2 fully saturated rings. The molecule has 190 valence electrons. The zero-order chi connectivity index (χ0) is 24.9. The fraction of sp³-hybridized carbons (Fsp3) is 0.448. The van der Waals surface area contributed by atoms with Crippen LogP contribution in [-0.2, 0) is 16.1 Å². The zero-order valence-corrected chi connectivity index (χ0v) is 21.2. The van der Waals surface area contributed by atoms with Gasteiger partial charge in [-0.3, -0.25) is 4.79 Å². The Morgan fingerprint density at radius 1 is 1.06 bits per heavy atom. The second kappa shape index (κ2) is 11.2. The van der Waals surface area contributed by atoms with Gasteiger partial charge in [-0.2, -0.15) is 5.10 Å². The lowest BCUT2D eigenvalue weighted by Gasteiger charge is -2.28. The number of aromatic nitrogens is 2. The summed E-state index contributed by atoms with van der Waals surface area (Å²) in [4.78, 5) is 15.7. The predicted octanol–water partition coefficient (Wildman–Crippen LogP) is 5.68. The molecule has 3 aromatic rings. The Hall–Kier alpha value is -3.32. The first-order valence-corrected chi connectivity index (χ1v) is 13.0. The molecule has 36 heavy (non-hydrogen) atoms. The van der Waals surface area contributed by atoms with Gasteiger partial charge in [-0.25, -0.2) is 4.68 Å². The Labute approximate surface area is 213 Å². The third-order valence-corrected chi connectivity index (χ3v) is 7.21. The topological polar surface area (TPSA) is 65.8 Å². The quantitative estimate of drug-likeness (QED) is 0.387. The number of carbonyl (C=O) groups excluding carboxylic acids is 1. The Bertz CT molecular complexity index is 1160. The first-order valence-electron chi connectivity index (χ1n) is 13.0. The van der Waals surface area contributed by atoms with Gasteiger partial charge in [0.2, 0.25) is 11.8 Å². The fourth-order valence-electron chi connectivity index (χ4n) is 5.23. The standard InChI is InChI=1S/C29H35N3O4/c1-21-27(20-31(19-26-16-9-17-35-26)28(33)22-10-6-7-11-22)29(32(30-21)23-12-4-3-5-13-23)36-25-15-8-14-24(18-25)34-2/h3-5,8,12-15,18,22,26H,6-7,9-11,16-17,19-20H2,1-2H3/t26-/m1/s1. The van der Waals surface area contributed by atoms with Crippen LogP contribution in [0.5, 0.6) is 17.4 Å². The second-order valence-electron chi connectivity index (χ2n) is 9.73. The van der Waals surface area contributed by atoms with E-state index < -0.39 is 0 Å². The number of rotatable bonds is 9. The average Bonchev–Trinajstić information content (AvgIpc) is 3.68. The van der Waals surface area contributed by atoms with Gasteiger partial charge < -0.3 is 19.1 Å². The number of methoxy groups -OCH3 is 1. The molecular formula is C29H35N3O4. The van der Waals surface area contributed by atoms with Gasteiger partial charge in [-0.05, 0) is 56.9 Å². The number of carbonyl (C=O) groups is 1. The number of hydrogen-bond acceptors (Lipinski definition) is 5. The molecule has 1 saturated heterocycles. The minimum atomic E-state index is 0.0857. The van der Waals surface area contributed by atoms with Crippen LogP contribution in [0.3, 0.4) is 0 Å². The fourth-order valence-corrected chi connectivity index (χ4v) is 5.23. The highest BCUT2D eigenvalue weighted by molar-refractivity contribution is 5.79. The number of benzene rings is 2. The van der Waals surface area contributed by atoms with Gasteiger partial charge in [-0.1, -0.05) is 37.1 Å². The molecule has 1 aliphatic heterocycles. The number of para-hydroxylation sites is 1. The Morgan fingerprint density at radius 2 is 1.83 bits per heavy atom. The maximum absolute atomic E-state index is 13.7. The van der Waals surface area contributed by atoms with E-state index in [-0.39, 0.29) is 17.9 Å². The van der Waals surface area contributed by atoms with Crippen molar-refractivity contribution < 1.29 is 19.0 Å². The van der Waals surface area contributed by atoms with Crippen LogP contribution in [0.25, 0.3) is 5.69 Å². The third kappa shape index (κ3) is 5.41. The van der Waals surface area contributed by atoms with Gasteiger partial charge in [0, 0.05) is 25.1 Å². The molecule has 0 bridgehead atoms. The maximum Gasteiger partial charge on any atom is 0.227 e. The van der Waals surface area contributed by atoms with Crippen LogP contribution in [0, 0.1) is 12.8 Å². The van der Waals surface area contributed by atoms with Gasteiger partial charge in [0.15, 0.2) is 0 Å². The van der Waals surface area contributed by atoms with Crippen molar-refractivity contribution in [1.29, 1.82) is 0 Å². The van der Waals surface area contributed by atoms with E-state index in [0.29, 0.717) is 30.5 Å². The van der Waals surface area contributed by atoms with Gasteiger partial charge in [0.25, 0.3) is 0 Å². The molecular weight excluding hydrogens is 454 g/mol. The summed E-state index contributed by atoms with van der Waals surface area (Å²) in [5.74, 6) is 2.30. The highest BCUT2D eigenvalue weighted by atomic mass is 16.5. The second-order valence-corrected chi connectivity index (χ2v) is 9.73. The Balaban J connectivity index is 1.51. The largest absolute Gasteiger partial charge is 0.497 e. The van der Waals surface area contributed by atoms with E-state index in [1.54, 1.807) is 7.11 Å². The monoisotopic (exact) mass is 489 g/mol. The lowest BCUT2D eigenvalue weighted by atomic mass is 10.1. The Kier molecular flexibility index (Phi) is 7.56. The van der Waals surface area contributed by atoms with E-state index in [2.05, 4.69) is 0 Å². The highest BCUT2D eigenvalue weighted by Gasteiger charge is 2.32. The summed E-state index contributed by atoms with van der Waals surface area (Å²) in [6.07, 6.45) is 6.31. The molecule has 0 N–H and O–H groups in total. The van der Waals surface area contributed by atoms with Crippen LogP contribution >= 0.6 is 0 Å². The molecule has 1 amide bonds. The van der Waals surface area contributed by atoms with Crippen molar-refractivity contribution in [2.24, 2.45) is 5.92 Å². The van der Waals surface area contributed by atoms with Crippen LogP contribution < -0.4 is 9.47 Å². The summed E-state index contributed by atoms with van der Waals surface area (Å²) in [6.45, 7) is 3.79. The number of amides is 1. The summed E-state index contributed by atoms with van der Waals surface area (Å²) in [6, 6.07) is 17.5. The molecule has 0 unspecified atom stereocenters. The number of aryl methyl sites for hydroxylation is 1. The smallest absolute Gasteiger partial charge is 0.227 e. The molecule has 7 nitrogen and oxygen atoms in total. The molecule has 2 aliphatic rings. The molecule has 1 aromatic heterocycles. The van der Waals surface area contributed by atoms with Crippen molar-refractivity contribution >= 4 is 5.91 Å². The maximum atomic E-state index is 13.7. The molecule has 0 spiro atoms. The summed E-state index contributed by atoms with van der Waals surface area (Å²) in [5.41, 5.74) is 2.65. The van der Waals surface area contributed by atoms with E-state index in [4.69, 9.17) is 19.3 Å². The number of ether oxygens (including phenoxy) is 3. The first kappa shape index (κ1) is 24.4. The van der Waals surface area contributed by atoms with Crippen LogP contribution in [0.1, 0.15) is 49.8 Å². The summed E-state index contributed by atoms with van der Waals surface area (Å²) in [5, 5.41) is 4.85. The van der Waals surface area contributed by atoms with Crippen molar-refractivity contribution in [3.8, 4) is 23.1 Å². The van der Waals surface area contributed by atoms with E-state index in [1.165, 1.54) is 0 Å². The minimum Gasteiger partial charge on any atom is -0.497 e. The van der Waals surface area contributed by atoms with Crippen molar-refractivity contribution in [1.82, 2.24) is 14.7 Å². The van der Waals surface area contributed by atoms with Crippen LogP contribution in [-0.4, -0.2) is 47.0 Å². The predicted molar refractivity (Wildman–Crippen MR) is 138 cm³/mol. The van der Waals surface area contributed by atoms with Crippen molar-refractivity contribution in [2.75, 3.05) is 20.3 Å². The van der Waals surface area contributed by atoms with Crippen molar-refractivity contribution in [2.45, 2.75) is 58.1 Å². The lowest BCUT2D eigenvalue weighted by molar-refractivity contribution is -0.137. The van der Waals surface area contributed by atoms with Crippen LogP contribution in [0.4, 0.5) is 0 Å². The third-order valence-electron chi connectivity index (χ3n) is 7.21. The van der Waals surface area contributed by atoms with E-state index >= 15 is 0 Å². The minimum absolute atomic E-state index is 0.0857.